The highest BCUT2D eigenvalue weighted by Crippen LogP contribution is 2.28. The van der Waals surface area contributed by atoms with Crippen molar-refractivity contribution < 1.29 is 0 Å². The van der Waals surface area contributed by atoms with Crippen LogP contribution in [0.2, 0.25) is 0 Å². The third-order valence-electron chi connectivity index (χ3n) is 3.55. The predicted molar refractivity (Wildman–Crippen MR) is 88.7 cm³/mol. The molecule has 0 fully saturated rings. The number of para-hydroxylation sites is 1. The normalized spacial score (nSPS) is 10.6. The maximum Gasteiger partial charge on any atom is 0.229 e. The standard InChI is InChI=1S/C16H16N6/c1-21(12-5-3-2-4-6-12)15-13-9-11(18)7-8-14(13)22(10-17)16(19)20-15/h2-10,17,19H,18H2,1H3. The zero-order chi connectivity index (χ0) is 15.7. The quantitative estimate of drug-likeness (QED) is 0.393. The summed E-state index contributed by atoms with van der Waals surface area (Å²) in [6, 6.07) is 15.2. The molecular formula is C16H16N6. The van der Waals surface area contributed by atoms with Crippen molar-refractivity contribution in [1.82, 2.24) is 9.55 Å². The number of nitrogens with one attached hydrogen (secondary N) is 2. The molecule has 0 atom stereocenters. The van der Waals surface area contributed by atoms with E-state index in [-0.39, 0.29) is 5.62 Å². The number of benzene rings is 2. The third kappa shape index (κ3) is 2.20. The van der Waals surface area contributed by atoms with Crippen LogP contribution < -0.4 is 16.3 Å². The van der Waals surface area contributed by atoms with Crippen LogP contribution in [-0.4, -0.2) is 22.9 Å². The van der Waals surface area contributed by atoms with Crippen LogP contribution in [0.25, 0.3) is 10.9 Å². The van der Waals surface area contributed by atoms with Gasteiger partial charge < -0.3 is 10.6 Å². The molecule has 0 bridgehead atoms. The molecule has 0 radical (unpaired) electrons. The highest BCUT2D eigenvalue weighted by atomic mass is 15.2. The molecule has 6 heteroatoms. The number of nitrogen functional groups attached to an aromatic ring is 1. The van der Waals surface area contributed by atoms with Crippen LogP contribution in [0, 0.1) is 10.8 Å². The smallest absolute Gasteiger partial charge is 0.229 e. The lowest BCUT2D eigenvalue weighted by Crippen LogP contribution is -2.26. The van der Waals surface area contributed by atoms with E-state index in [9.17, 15) is 0 Å². The van der Waals surface area contributed by atoms with Gasteiger partial charge in [0.1, 0.15) is 5.82 Å². The number of hydrogen-bond acceptors (Lipinski definition) is 5. The van der Waals surface area contributed by atoms with Gasteiger partial charge in [-0.3, -0.25) is 15.4 Å². The molecule has 1 heterocycles. The Kier molecular flexibility index (Phi) is 3.34. The Morgan fingerprint density at radius 2 is 1.91 bits per heavy atom. The van der Waals surface area contributed by atoms with Gasteiger partial charge in [0.2, 0.25) is 5.62 Å². The zero-order valence-electron chi connectivity index (χ0n) is 12.1. The van der Waals surface area contributed by atoms with Gasteiger partial charge in [0, 0.05) is 23.8 Å². The van der Waals surface area contributed by atoms with Crippen LogP contribution in [0.15, 0.2) is 48.5 Å². The zero-order valence-corrected chi connectivity index (χ0v) is 12.1. The van der Waals surface area contributed by atoms with E-state index in [1.54, 1.807) is 12.1 Å². The van der Waals surface area contributed by atoms with Crippen LogP contribution >= 0.6 is 0 Å². The molecule has 0 amide bonds. The Balaban J connectivity index is 2.32. The van der Waals surface area contributed by atoms with E-state index in [4.69, 9.17) is 16.6 Å². The Labute approximate surface area is 127 Å². The molecule has 0 saturated carbocycles. The molecule has 3 rings (SSSR count). The molecule has 0 unspecified atom stereocenters. The first-order chi connectivity index (χ1) is 10.6. The molecule has 6 nitrogen and oxygen atoms in total. The first-order valence-electron chi connectivity index (χ1n) is 6.77. The number of nitrogens with zero attached hydrogens (tertiary/aromatic N) is 3. The van der Waals surface area contributed by atoms with Crippen molar-refractivity contribution in [1.29, 1.82) is 10.8 Å². The number of rotatable bonds is 3. The Hall–Kier alpha value is -3.15. The SMILES string of the molecule is CN(c1ccccc1)c1nc(=N)n(C=N)c2ccc(N)cc12. The van der Waals surface area contributed by atoms with Gasteiger partial charge >= 0.3 is 0 Å². The van der Waals surface area contributed by atoms with Crippen molar-refractivity contribution in [2.24, 2.45) is 0 Å². The number of anilines is 3. The first kappa shape index (κ1) is 13.8. The molecule has 2 aromatic carbocycles. The second kappa shape index (κ2) is 5.33. The Morgan fingerprint density at radius 1 is 1.18 bits per heavy atom. The number of aromatic nitrogens is 2. The van der Waals surface area contributed by atoms with Gasteiger partial charge in [-0.15, -0.1) is 0 Å². The fourth-order valence-corrected chi connectivity index (χ4v) is 2.43. The summed E-state index contributed by atoms with van der Waals surface area (Å²) < 4.78 is 1.41. The fourth-order valence-electron chi connectivity index (χ4n) is 2.43. The summed E-state index contributed by atoms with van der Waals surface area (Å²) >= 11 is 0. The molecule has 1 aromatic heterocycles. The van der Waals surface area contributed by atoms with Gasteiger partial charge in [0.15, 0.2) is 0 Å². The van der Waals surface area contributed by atoms with Crippen LogP contribution in [0.4, 0.5) is 17.2 Å². The number of fused-ring (bicyclic) bond motifs is 1. The predicted octanol–water partition coefficient (Wildman–Crippen LogP) is 2.32. The number of nitrogens with two attached hydrogens (primary N) is 1. The van der Waals surface area contributed by atoms with Crippen molar-refractivity contribution in [2.45, 2.75) is 0 Å². The molecule has 110 valence electrons. The van der Waals surface area contributed by atoms with Gasteiger partial charge in [-0.05, 0) is 30.3 Å². The fraction of sp³-hybridized carbons (Fsp3) is 0.0625. The highest BCUT2D eigenvalue weighted by Gasteiger charge is 2.13. The van der Waals surface area contributed by atoms with E-state index in [1.165, 1.54) is 4.57 Å². The van der Waals surface area contributed by atoms with Gasteiger partial charge in [0.05, 0.1) is 11.9 Å². The highest BCUT2D eigenvalue weighted by molar-refractivity contribution is 5.95. The summed E-state index contributed by atoms with van der Waals surface area (Å²) in [4.78, 5) is 6.25. The molecular weight excluding hydrogens is 276 g/mol. The van der Waals surface area contributed by atoms with Gasteiger partial charge in [-0.25, -0.2) is 0 Å². The minimum atomic E-state index is 0.00468. The summed E-state index contributed by atoms with van der Waals surface area (Å²) in [5.74, 6) is 0.636. The molecule has 0 aliphatic rings. The molecule has 4 N–H and O–H groups in total. The van der Waals surface area contributed by atoms with Crippen LogP contribution in [0.3, 0.4) is 0 Å². The molecule has 3 aromatic rings. The van der Waals surface area contributed by atoms with E-state index >= 15 is 0 Å². The Morgan fingerprint density at radius 3 is 2.59 bits per heavy atom. The van der Waals surface area contributed by atoms with Crippen molar-refractivity contribution in [3.05, 3.63) is 54.1 Å². The van der Waals surface area contributed by atoms with E-state index in [0.717, 1.165) is 22.9 Å². The minimum Gasteiger partial charge on any atom is -0.399 e. The lowest BCUT2D eigenvalue weighted by atomic mass is 10.2. The maximum absolute atomic E-state index is 8.05. The molecule has 22 heavy (non-hydrogen) atoms. The van der Waals surface area contributed by atoms with E-state index in [2.05, 4.69) is 4.98 Å². The average molecular weight is 292 g/mol. The van der Waals surface area contributed by atoms with Crippen molar-refractivity contribution in [2.75, 3.05) is 17.7 Å². The van der Waals surface area contributed by atoms with Crippen LogP contribution in [-0.2, 0) is 0 Å². The van der Waals surface area contributed by atoms with Gasteiger partial charge in [-0.2, -0.15) is 4.98 Å². The third-order valence-corrected chi connectivity index (χ3v) is 3.55. The summed E-state index contributed by atoms with van der Waals surface area (Å²) in [5.41, 5.74) is 8.21. The summed E-state index contributed by atoms with van der Waals surface area (Å²) in [7, 11) is 1.90. The minimum absolute atomic E-state index is 0.00468. The van der Waals surface area contributed by atoms with Crippen molar-refractivity contribution >= 4 is 34.4 Å². The number of hydrogen-bond donors (Lipinski definition) is 3. The molecule has 0 aliphatic heterocycles. The largest absolute Gasteiger partial charge is 0.399 e. The summed E-state index contributed by atoms with van der Waals surface area (Å²) in [6.45, 7) is 0. The lowest BCUT2D eigenvalue weighted by Gasteiger charge is -2.21. The monoisotopic (exact) mass is 292 g/mol. The van der Waals surface area contributed by atoms with Gasteiger partial charge in [-0.1, -0.05) is 18.2 Å². The maximum atomic E-state index is 8.05. The lowest BCUT2D eigenvalue weighted by molar-refractivity contribution is 0.915. The average Bonchev–Trinajstić information content (AvgIpc) is 2.54. The summed E-state index contributed by atoms with van der Waals surface area (Å²) in [5, 5.41) is 16.3. The van der Waals surface area contributed by atoms with Crippen molar-refractivity contribution in [3.63, 3.8) is 0 Å². The topological polar surface area (TPSA) is 94.8 Å². The molecule has 0 saturated heterocycles. The second-order valence-corrected chi connectivity index (χ2v) is 4.93. The first-order valence-corrected chi connectivity index (χ1v) is 6.77. The summed E-state index contributed by atoms with van der Waals surface area (Å²) in [6.07, 6.45) is 1.08. The van der Waals surface area contributed by atoms with Crippen LogP contribution in [0.5, 0.6) is 0 Å². The molecule has 0 spiro atoms. The Bertz CT molecular complexity index is 898. The van der Waals surface area contributed by atoms with Crippen molar-refractivity contribution in [3.8, 4) is 0 Å². The van der Waals surface area contributed by atoms with E-state index in [1.807, 2.05) is 48.3 Å². The van der Waals surface area contributed by atoms with E-state index in [0.29, 0.717) is 11.5 Å². The van der Waals surface area contributed by atoms with E-state index < -0.39 is 0 Å². The second-order valence-electron chi connectivity index (χ2n) is 4.93. The van der Waals surface area contributed by atoms with Crippen LogP contribution in [0.1, 0.15) is 0 Å². The molecule has 0 aliphatic carbocycles. The van der Waals surface area contributed by atoms with Gasteiger partial charge in [0.25, 0.3) is 0 Å².